The zero-order chi connectivity index (χ0) is 14.1. The highest BCUT2D eigenvalue weighted by Gasteiger charge is 2.30. The lowest BCUT2D eigenvalue weighted by Crippen LogP contribution is -2.35. The summed E-state index contributed by atoms with van der Waals surface area (Å²) in [5, 5.41) is 8.47. The summed E-state index contributed by atoms with van der Waals surface area (Å²) < 4.78 is 7.27. The van der Waals surface area contributed by atoms with Crippen LogP contribution in [0.4, 0.5) is 0 Å². The average Bonchev–Trinajstić information content (AvgIpc) is 2.97. The van der Waals surface area contributed by atoms with Crippen LogP contribution in [0.3, 0.4) is 0 Å². The van der Waals surface area contributed by atoms with Crippen LogP contribution in [0.1, 0.15) is 27.1 Å². The number of rotatable bonds is 4. The highest BCUT2D eigenvalue weighted by Crippen LogP contribution is 2.28. The number of methoxy groups -OCH3 is 1. The maximum Gasteiger partial charge on any atom is 0.100 e. The summed E-state index contributed by atoms with van der Waals surface area (Å²) in [6.07, 6.45) is 0. The first-order valence-electron chi connectivity index (χ1n) is 6.82. The highest BCUT2D eigenvalue weighted by molar-refractivity contribution is 7.11. The van der Waals surface area contributed by atoms with Crippen molar-refractivity contribution >= 4 is 11.3 Å². The SMILES string of the molecule is COC[C@@H]1CN(Cc2ccc(C)s2)Cc2nnn(C)c21. The molecule has 20 heavy (non-hydrogen) atoms. The summed E-state index contributed by atoms with van der Waals surface area (Å²) in [7, 11) is 3.72. The van der Waals surface area contributed by atoms with E-state index in [1.54, 1.807) is 7.11 Å². The number of thiophene rings is 1. The Morgan fingerprint density at radius 2 is 2.30 bits per heavy atom. The molecule has 0 saturated heterocycles. The van der Waals surface area contributed by atoms with Crippen molar-refractivity contribution in [1.29, 1.82) is 0 Å². The molecule has 0 unspecified atom stereocenters. The third kappa shape index (κ3) is 2.63. The van der Waals surface area contributed by atoms with Crippen LogP contribution in [-0.4, -0.2) is 40.2 Å². The molecule has 0 amide bonds. The van der Waals surface area contributed by atoms with Crippen LogP contribution in [0.5, 0.6) is 0 Å². The van der Waals surface area contributed by atoms with Gasteiger partial charge in [-0.1, -0.05) is 5.21 Å². The molecule has 2 aromatic rings. The van der Waals surface area contributed by atoms with E-state index in [0.29, 0.717) is 12.5 Å². The first-order valence-corrected chi connectivity index (χ1v) is 7.64. The number of hydrogen-bond acceptors (Lipinski definition) is 5. The second-order valence-corrected chi connectivity index (χ2v) is 6.75. The van der Waals surface area contributed by atoms with Crippen LogP contribution in [0.2, 0.25) is 0 Å². The summed E-state index contributed by atoms with van der Waals surface area (Å²) in [4.78, 5) is 5.21. The molecule has 0 N–H and O–H groups in total. The average molecular weight is 292 g/mol. The first-order chi connectivity index (χ1) is 9.67. The standard InChI is InChI=1S/C14H20N4OS/c1-10-4-5-12(20-10)7-18-6-11(9-19-3)14-13(8-18)15-16-17(14)2/h4-5,11H,6-9H2,1-3H3/t11-/m0/s1. The number of aromatic nitrogens is 3. The van der Waals surface area contributed by atoms with E-state index >= 15 is 0 Å². The van der Waals surface area contributed by atoms with E-state index in [9.17, 15) is 0 Å². The topological polar surface area (TPSA) is 43.2 Å². The van der Waals surface area contributed by atoms with Crippen molar-refractivity contribution in [1.82, 2.24) is 19.9 Å². The summed E-state index contributed by atoms with van der Waals surface area (Å²) in [6, 6.07) is 4.40. The zero-order valence-electron chi connectivity index (χ0n) is 12.2. The highest BCUT2D eigenvalue weighted by atomic mass is 32.1. The Kier molecular flexibility index (Phi) is 3.87. The fourth-order valence-electron chi connectivity index (χ4n) is 2.94. The van der Waals surface area contributed by atoms with Gasteiger partial charge in [-0.05, 0) is 19.1 Å². The minimum atomic E-state index is 0.352. The molecule has 3 heterocycles. The molecule has 0 bridgehead atoms. The van der Waals surface area contributed by atoms with Crippen molar-refractivity contribution in [2.45, 2.75) is 25.9 Å². The third-order valence-electron chi connectivity index (χ3n) is 3.73. The molecule has 0 radical (unpaired) electrons. The van der Waals surface area contributed by atoms with Gasteiger partial charge in [0.25, 0.3) is 0 Å². The number of ether oxygens (including phenoxy) is 1. The molecule has 3 rings (SSSR count). The van der Waals surface area contributed by atoms with E-state index in [0.717, 1.165) is 25.3 Å². The van der Waals surface area contributed by atoms with Crippen LogP contribution in [0, 0.1) is 6.92 Å². The van der Waals surface area contributed by atoms with Crippen LogP contribution in [-0.2, 0) is 24.9 Å². The van der Waals surface area contributed by atoms with Crippen molar-refractivity contribution in [3.05, 3.63) is 33.3 Å². The quantitative estimate of drug-likeness (QED) is 0.863. The van der Waals surface area contributed by atoms with Gasteiger partial charge in [0.2, 0.25) is 0 Å². The Morgan fingerprint density at radius 3 is 3.00 bits per heavy atom. The summed E-state index contributed by atoms with van der Waals surface area (Å²) in [5.41, 5.74) is 2.32. The molecule has 0 fully saturated rings. The van der Waals surface area contributed by atoms with E-state index in [1.807, 2.05) is 23.1 Å². The molecule has 5 nitrogen and oxygen atoms in total. The maximum absolute atomic E-state index is 5.37. The Hall–Kier alpha value is -1.24. The van der Waals surface area contributed by atoms with E-state index in [1.165, 1.54) is 15.4 Å². The van der Waals surface area contributed by atoms with Crippen LogP contribution in [0.15, 0.2) is 12.1 Å². The number of nitrogens with zero attached hydrogens (tertiary/aromatic N) is 4. The minimum absolute atomic E-state index is 0.352. The molecular weight excluding hydrogens is 272 g/mol. The molecule has 1 aliphatic heterocycles. The Labute approximate surface area is 123 Å². The summed E-state index contributed by atoms with van der Waals surface area (Å²) >= 11 is 1.87. The lowest BCUT2D eigenvalue weighted by molar-refractivity contribution is 0.132. The second kappa shape index (κ2) is 5.63. The fraction of sp³-hybridized carbons (Fsp3) is 0.571. The molecule has 0 saturated carbocycles. The van der Waals surface area contributed by atoms with Gasteiger partial charge in [0, 0.05) is 49.5 Å². The van der Waals surface area contributed by atoms with Gasteiger partial charge in [-0.25, -0.2) is 0 Å². The molecule has 1 aliphatic rings. The number of hydrogen-bond donors (Lipinski definition) is 0. The molecular formula is C14H20N4OS. The summed E-state index contributed by atoms with van der Waals surface area (Å²) in [6.45, 7) is 5.72. The van der Waals surface area contributed by atoms with E-state index in [4.69, 9.17) is 4.74 Å². The van der Waals surface area contributed by atoms with Gasteiger partial charge >= 0.3 is 0 Å². The van der Waals surface area contributed by atoms with Gasteiger partial charge in [0.05, 0.1) is 12.3 Å². The van der Waals surface area contributed by atoms with Crippen molar-refractivity contribution < 1.29 is 4.74 Å². The molecule has 0 aliphatic carbocycles. The van der Waals surface area contributed by atoms with Crippen molar-refractivity contribution in [2.24, 2.45) is 7.05 Å². The monoisotopic (exact) mass is 292 g/mol. The van der Waals surface area contributed by atoms with Gasteiger partial charge in [-0.15, -0.1) is 16.4 Å². The van der Waals surface area contributed by atoms with Gasteiger partial charge in [-0.2, -0.15) is 0 Å². The van der Waals surface area contributed by atoms with Gasteiger partial charge in [0.15, 0.2) is 0 Å². The van der Waals surface area contributed by atoms with Gasteiger partial charge in [-0.3, -0.25) is 9.58 Å². The van der Waals surface area contributed by atoms with E-state index in [-0.39, 0.29) is 0 Å². The molecule has 0 aromatic carbocycles. The third-order valence-corrected chi connectivity index (χ3v) is 4.71. The lowest BCUT2D eigenvalue weighted by atomic mass is 9.99. The van der Waals surface area contributed by atoms with E-state index < -0.39 is 0 Å². The largest absolute Gasteiger partial charge is 0.384 e. The Morgan fingerprint density at radius 1 is 1.45 bits per heavy atom. The second-order valence-electron chi connectivity index (χ2n) is 5.38. The Balaban J connectivity index is 1.79. The molecule has 6 heteroatoms. The van der Waals surface area contributed by atoms with Crippen LogP contribution in [0.25, 0.3) is 0 Å². The van der Waals surface area contributed by atoms with Crippen LogP contribution >= 0.6 is 11.3 Å². The first kappa shape index (κ1) is 13.7. The molecule has 2 aromatic heterocycles. The smallest absolute Gasteiger partial charge is 0.100 e. The number of fused-ring (bicyclic) bond motifs is 1. The minimum Gasteiger partial charge on any atom is -0.384 e. The molecule has 1 atom stereocenters. The molecule has 108 valence electrons. The molecule has 0 spiro atoms. The van der Waals surface area contributed by atoms with Gasteiger partial charge < -0.3 is 4.74 Å². The predicted molar refractivity (Wildman–Crippen MR) is 78.8 cm³/mol. The van der Waals surface area contributed by atoms with Crippen molar-refractivity contribution in [3.63, 3.8) is 0 Å². The normalized spacial score (nSPS) is 19.2. The van der Waals surface area contributed by atoms with Gasteiger partial charge in [0.1, 0.15) is 5.69 Å². The van der Waals surface area contributed by atoms with E-state index in [2.05, 4.69) is 34.3 Å². The maximum atomic E-state index is 5.37. The van der Waals surface area contributed by atoms with Crippen molar-refractivity contribution in [3.8, 4) is 0 Å². The van der Waals surface area contributed by atoms with Crippen molar-refractivity contribution in [2.75, 3.05) is 20.3 Å². The zero-order valence-corrected chi connectivity index (χ0v) is 13.0. The predicted octanol–water partition coefficient (Wildman–Crippen LogP) is 1.93. The summed E-state index contributed by atoms with van der Waals surface area (Å²) in [5.74, 6) is 0.352. The van der Waals surface area contributed by atoms with Crippen LogP contribution < -0.4 is 0 Å². The lowest BCUT2D eigenvalue weighted by Gasteiger charge is -2.31. The number of aryl methyl sites for hydroxylation is 2. The Bertz CT molecular complexity index is 592. The fourth-order valence-corrected chi connectivity index (χ4v) is 3.87.